The van der Waals surface area contributed by atoms with Crippen molar-refractivity contribution in [3.8, 4) is 5.75 Å². The molecule has 164 valence electrons. The number of nitrogens with zero attached hydrogens (tertiary/aromatic N) is 3. The highest BCUT2D eigenvalue weighted by atomic mass is 32.2. The number of aliphatic hydroxyl groups is 1. The molecular formula is C20H27N3O5S2. The Labute approximate surface area is 181 Å². The molecule has 10 heteroatoms. The third-order valence-electron chi connectivity index (χ3n) is 5.72. The summed E-state index contributed by atoms with van der Waals surface area (Å²) in [5, 5.41) is 21.2. The molecule has 2 N–H and O–H groups in total. The highest BCUT2D eigenvalue weighted by molar-refractivity contribution is 7.91. The summed E-state index contributed by atoms with van der Waals surface area (Å²) in [7, 11) is -3.53. The number of thiophene rings is 1. The number of piperazine rings is 1. The summed E-state index contributed by atoms with van der Waals surface area (Å²) in [6.07, 6.45) is 0. The average molecular weight is 454 g/mol. The van der Waals surface area contributed by atoms with Crippen molar-refractivity contribution in [2.24, 2.45) is 0 Å². The monoisotopic (exact) mass is 453 g/mol. The van der Waals surface area contributed by atoms with Gasteiger partial charge in [-0.2, -0.15) is 4.31 Å². The van der Waals surface area contributed by atoms with E-state index in [-0.39, 0.29) is 24.4 Å². The molecule has 0 spiro atoms. The summed E-state index contributed by atoms with van der Waals surface area (Å²) in [4.78, 5) is 4.38. The quantitative estimate of drug-likeness (QED) is 0.675. The van der Waals surface area contributed by atoms with Crippen molar-refractivity contribution >= 4 is 27.0 Å². The number of aromatic hydroxyl groups is 1. The van der Waals surface area contributed by atoms with Crippen LogP contribution in [-0.4, -0.2) is 92.5 Å². The van der Waals surface area contributed by atoms with Crippen molar-refractivity contribution in [1.82, 2.24) is 9.21 Å². The Hall–Kier alpha value is -1.69. The SMILES string of the molecule is O=S(=O)(c1cccs1)N1CCN(c2ccc(O)cc2)[C@H](CN2CCOC[C@@H]2CO)C1. The largest absolute Gasteiger partial charge is 0.508 e. The van der Waals surface area contributed by atoms with Gasteiger partial charge in [0.15, 0.2) is 0 Å². The zero-order chi connectivity index (χ0) is 21.1. The van der Waals surface area contributed by atoms with Gasteiger partial charge in [0.1, 0.15) is 9.96 Å². The Morgan fingerprint density at radius 1 is 1.10 bits per heavy atom. The van der Waals surface area contributed by atoms with Gasteiger partial charge in [0.25, 0.3) is 10.0 Å². The average Bonchev–Trinajstić information content (AvgIpc) is 3.31. The van der Waals surface area contributed by atoms with Crippen molar-refractivity contribution in [2.75, 3.05) is 57.4 Å². The van der Waals surface area contributed by atoms with Gasteiger partial charge in [-0.25, -0.2) is 8.42 Å². The molecule has 0 amide bonds. The lowest BCUT2D eigenvalue weighted by atomic mass is 10.1. The van der Waals surface area contributed by atoms with Crippen molar-refractivity contribution in [3.63, 3.8) is 0 Å². The number of anilines is 1. The summed E-state index contributed by atoms with van der Waals surface area (Å²) in [5.41, 5.74) is 0.944. The van der Waals surface area contributed by atoms with Crippen molar-refractivity contribution in [3.05, 3.63) is 41.8 Å². The number of phenols is 1. The number of morpholine rings is 1. The molecular weight excluding hydrogens is 426 g/mol. The zero-order valence-corrected chi connectivity index (χ0v) is 18.3. The van der Waals surface area contributed by atoms with Gasteiger partial charge in [-0.1, -0.05) is 6.07 Å². The maximum absolute atomic E-state index is 13.1. The minimum Gasteiger partial charge on any atom is -0.508 e. The molecule has 3 heterocycles. The van der Waals surface area contributed by atoms with E-state index in [0.29, 0.717) is 50.1 Å². The molecule has 2 aliphatic heterocycles. The Balaban J connectivity index is 1.59. The summed E-state index contributed by atoms with van der Waals surface area (Å²) in [6.45, 7) is 3.69. The second-order valence-corrected chi connectivity index (χ2v) is 10.7. The Morgan fingerprint density at radius 2 is 1.90 bits per heavy atom. The molecule has 0 unspecified atom stereocenters. The number of ether oxygens (including phenoxy) is 1. The lowest BCUT2D eigenvalue weighted by Crippen LogP contribution is -2.60. The number of sulfonamides is 1. The number of benzene rings is 1. The molecule has 2 aliphatic rings. The second kappa shape index (κ2) is 9.21. The second-order valence-electron chi connectivity index (χ2n) is 7.57. The van der Waals surface area contributed by atoms with Crippen LogP contribution in [0, 0.1) is 0 Å². The van der Waals surface area contributed by atoms with Crippen LogP contribution in [-0.2, 0) is 14.8 Å². The zero-order valence-electron chi connectivity index (χ0n) is 16.6. The summed E-state index contributed by atoms with van der Waals surface area (Å²) in [6, 6.07) is 10.2. The van der Waals surface area contributed by atoms with E-state index in [1.165, 1.54) is 11.3 Å². The molecule has 0 radical (unpaired) electrons. The standard InChI is InChI=1S/C20H27N3O5S2/c24-14-18-15-28-10-9-21(18)12-17-13-22(30(26,27)20-2-1-11-29-20)7-8-23(17)16-3-5-19(25)6-4-16/h1-6,11,17-18,24-25H,7-10,12-15H2/t17-,18+/m1/s1. The molecule has 1 aromatic heterocycles. The third-order valence-corrected chi connectivity index (χ3v) is 8.96. The van der Waals surface area contributed by atoms with Crippen LogP contribution in [0.3, 0.4) is 0 Å². The van der Waals surface area contributed by atoms with E-state index >= 15 is 0 Å². The first-order valence-electron chi connectivity index (χ1n) is 10.0. The van der Waals surface area contributed by atoms with Gasteiger partial charge in [0, 0.05) is 38.4 Å². The number of hydrogen-bond donors (Lipinski definition) is 2. The van der Waals surface area contributed by atoms with Crippen LogP contribution >= 0.6 is 11.3 Å². The summed E-state index contributed by atoms with van der Waals surface area (Å²) in [5.74, 6) is 0.197. The highest BCUT2D eigenvalue weighted by Crippen LogP contribution is 2.28. The van der Waals surface area contributed by atoms with Crippen LogP contribution in [0.5, 0.6) is 5.75 Å². The van der Waals surface area contributed by atoms with E-state index in [0.717, 1.165) is 5.69 Å². The lowest BCUT2D eigenvalue weighted by molar-refractivity contribution is -0.0308. The normalized spacial score (nSPS) is 24.2. The van der Waals surface area contributed by atoms with Crippen LogP contribution in [0.1, 0.15) is 0 Å². The Morgan fingerprint density at radius 3 is 2.60 bits per heavy atom. The van der Waals surface area contributed by atoms with Gasteiger partial charge >= 0.3 is 0 Å². The molecule has 2 aromatic rings. The van der Waals surface area contributed by atoms with Gasteiger partial charge < -0.3 is 19.8 Å². The van der Waals surface area contributed by atoms with Gasteiger partial charge in [-0.3, -0.25) is 4.90 Å². The van der Waals surface area contributed by atoms with Crippen molar-refractivity contribution < 1.29 is 23.4 Å². The molecule has 8 nitrogen and oxygen atoms in total. The van der Waals surface area contributed by atoms with E-state index in [2.05, 4.69) is 9.80 Å². The van der Waals surface area contributed by atoms with E-state index in [1.54, 1.807) is 34.0 Å². The molecule has 0 aliphatic carbocycles. The van der Waals surface area contributed by atoms with Gasteiger partial charge in [-0.15, -0.1) is 11.3 Å². The molecule has 2 saturated heterocycles. The first-order chi connectivity index (χ1) is 14.5. The molecule has 2 fully saturated rings. The smallest absolute Gasteiger partial charge is 0.252 e. The molecule has 2 atom stereocenters. The molecule has 0 saturated carbocycles. The van der Waals surface area contributed by atoms with Crippen molar-refractivity contribution in [1.29, 1.82) is 0 Å². The number of rotatable bonds is 6. The third kappa shape index (κ3) is 4.48. The highest BCUT2D eigenvalue weighted by Gasteiger charge is 2.37. The van der Waals surface area contributed by atoms with Gasteiger partial charge in [-0.05, 0) is 35.7 Å². The fraction of sp³-hybridized carbons (Fsp3) is 0.500. The van der Waals surface area contributed by atoms with Gasteiger partial charge in [0.05, 0.1) is 31.9 Å². The van der Waals surface area contributed by atoms with Crippen LogP contribution in [0.15, 0.2) is 46.0 Å². The molecule has 0 bridgehead atoms. The van der Waals surface area contributed by atoms with E-state index in [1.807, 2.05) is 12.1 Å². The van der Waals surface area contributed by atoms with Crippen LogP contribution in [0.2, 0.25) is 0 Å². The summed E-state index contributed by atoms with van der Waals surface area (Å²) < 4.78 is 33.6. The predicted octanol–water partition coefficient (Wildman–Crippen LogP) is 1.03. The maximum atomic E-state index is 13.1. The van der Waals surface area contributed by atoms with Crippen molar-refractivity contribution in [2.45, 2.75) is 16.3 Å². The summed E-state index contributed by atoms with van der Waals surface area (Å²) >= 11 is 1.23. The molecule has 1 aromatic carbocycles. The fourth-order valence-corrected chi connectivity index (χ4v) is 6.70. The Bertz CT molecular complexity index is 920. The van der Waals surface area contributed by atoms with Crippen LogP contribution in [0.4, 0.5) is 5.69 Å². The van der Waals surface area contributed by atoms with Gasteiger partial charge in [0.2, 0.25) is 0 Å². The topological polar surface area (TPSA) is 93.6 Å². The first-order valence-corrected chi connectivity index (χ1v) is 12.3. The molecule has 4 rings (SSSR count). The van der Waals surface area contributed by atoms with E-state index in [9.17, 15) is 18.6 Å². The first kappa shape index (κ1) is 21.5. The van der Waals surface area contributed by atoms with Crippen LogP contribution < -0.4 is 4.90 Å². The predicted molar refractivity (Wildman–Crippen MR) is 116 cm³/mol. The minimum atomic E-state index is -3.53. The molecule has 30 heavy (non-hydrogen) atoms. The minimum absolute atomic E-state index is 0.00311. The lowest BCUT2D eigenvalue weighted by Gasteiger charge is -2.45. The van der Waals surface area contributed by atoms with E-state index < -0.39 is 10.0 Å². The maximum Gasteiger partial charge on any atom is 0.252 e. The number of aliphatic hydroxyl groups excluding tert-OH is 1. The Kier molecular flexibility index (Phi) is 6.61. The van der Waals surface area contributed by atoms with E-state index in [4.69, 9.17) is 4.74 Å². The van der Waals surface area contributed by atoms with Crippen LogP contribution in [0.25, 0.3) is 0 Å². The number of phenolic OH excluding ortho intramolecular Hbond substituents is 1. The fourth-order valence-electron chi connectivity index (χ4n) is 4.09. The number of hydrogen-bond acceptors (Lipinski definition) is 8.